The number of hydrogen-bond acceptors (Lipinski definition) is 7. The van der Waals surface area contributed by atoms with E-state index in [4.69, 9.17) is 13.9 Å². The van der Waals surface area contributed by atoms with E-state index in [1.165, 1.54) is 12.1 Å². The van der Waals surface area contributed by atoms with Gasteiger partial charge >= 0.3 is 17.6 Å². The summed E-state index contributed by atoms with van der Waals surface area (Å²) in [6.45, 7) is 1.43. The lowest BCUT2D eigenvalue weighted by molar-refractivity contribution is -0.155. The Labute approximate surface area is 159 Å². The minimum Gasteiger partial charge on any atom is -0.508 e. The fourth-order valence-electron chi connectivity index (χ4n) is 3.24. The topological polar surface area (TPSA) is 103 Å². The highest BCUT2D eigenvalue weighted by Crippen LogP contribution is 2.28. The van der Waals surface area contributed by atoms with E-state index in [1.807, 2.05) is 0 Å². The monoisotopic (exact) mass is 380 g/mol. The van der Waals surface area contributed by atoms with Gasteiger partial charge in [0.25, 0.3) is 0 Å². The molecule has 0 radical (unpaired) electrons. The molecule has 7 heteroatoms. The molecule has 0 bridgehead atoms. The third-order valence-corrected chi connectivity index (χ3v) is 4.74. The van der Waals surface area contributed by atoms with Crippen LogP contribution < -0.4 is 5.63 Å². The van der Waals surface area contributed by atoms with E-state index < -0.39 is 23.7 Å². The summed E-state index contributed by atoms with van der Waals surface area (Å²) < 4.78 is 15.7. The van der Waals surface area contributed by atoms with Crippen molar-refractivity contribution in [2.45, 2.75) is 26.1 Å². The summed E-state index contributed by atoms with van der Waals surface area (Å²) in [5.74, 6) is -1.27. The van der Waals surface area contributed by atoms with Crippen LogP contribution in [0.25, 0.3) is 11.0 Å². The Balaban J connectivity index is 1.56. The zero-order valence-corrected chi connectivity index (χ0v) is 14.9. The Kier molecular flexibility index (Phi) is 4.35. The van der Waals surface area contributed by atoms with Crippen LogP contribution in [0.1, 0.15) is 27.0 Å². The highest BCUT2D eigenvalue weighted by Gasteiger charge is 2.32. The van der Waals surface area contributed by atoms with Gasteiger partial charge in [0.1, 0.15) is 17.9 Å². The molecule has 0 fully saturated rings. The smallest absolute Gasteiger partial charge is 0.348 e. The van der Waals surface area contributed by atoms with Gasteiger partial charge in [-0.25, -0.2) is 14.4 Å². The lowest BCUT2D eigenvalue weighted by Gasteiger charge is -2.23. The molecule has 0 unspecified atom stereocenters. The summed E-state index contributed by atoms with van der Waals surface area (Å²) in [5, 5.41) is 10.3. The van der Waals surface area contributed by atoms with E-state index in [0.29, 0.717) is 22.1 Å². The molecule has 4 rings (SSSR count). The largest absolute Gasteiger partial charge is 0.508 e. The Morgan fingerprint density at radius 2 is 2.00 bits per heavy atom. The SMILES string of the molecule is Cc1c(O)ccc2c(COC(=O)[C@@H]3Cc4ccccc4C(=O)O3)cc(=O)oc12. The number of aryl methyl sites for hydroxylation is 1. The predicted molar refractivity (Wildman–Crippen MR) is 98.0 cm³/mol. The van der Waals surface area contributed by atoms with Gasteiger partial charge in [-0.2, -0.15) is 0 Å². The minimum absolute atomic E-state index is 0.00224. The van der Waals surface area contributed by atoms with Gasteiger partial charge in [0.2, 0.25) is 6.10 Å². The Bertz CT molecular complexity index is 1160. The number of hydrogen-bond donors (Lipinski definition) is 1. The van der Waals surface area contributed by atoms with Gasteiger partial charge in [-0.1, -0.05) is 18.2 Å². The van der Waals surface area contributed by atoms with E-state index in [0.717, 1.165) is 5.56 Å². The average Bonchev–Trinajstić information content (AvgIpc) is 2.69. The quantitative estimate of drug-likeness (QED) is 0.550. The van der Waals surface area contributed by atoms with Crippen LogP contribution in [0.15, 0.2) is 51.7 Å². The number of rotatable bonds is 3. The second-order valence-corrected chi connectivity index (χ2v) is 6.54. The molecule has 1 atom stereocenters. The van der Waals surface area contributed by atoms with Gasteiger partial charge in [-0.3, -0.25) is 0 Å². The van der Waals surface area contributed by atoms with Crippen LogP contribution in [-0.2, 0) is 27.3 Å². The zero-order chi connectivity index (χ0) is 19.8. The normalized spacial score (nSPS) is 15.8. The summed E-state index contributed by atoms with van der Waals surface area (Å²) in [4.78, 5) is 36.3. The molecule has 142 valence electrons. The van der Waals surface area contributed by atoms with Gasteiger partial charge in [-0.15, -0.1) is 0 Å². The first-order chi connectivity index (χ1) is 13.4. The van der Waals surface area contributed by atoms with Crippen LogP contribution >= 0.6 is 0 Å². The van der Waals surface area contributed by atoms with Crippen LogP contribution in [0.3, 0.4) is 0 Å². The molecule has 28 heavy (non-hydrogen) atoms. The molecule has 1 aliphatic rings. The van der Waals surface area contributed by atoms with Gasteiger partial charge in [0, 0.05) is 29.0 Å². The number of cyclic esters (lactones) is 1. The van der Waals surface area contributed by atoms with Crippen LogP contribution in [0.4, 0.5) is 0 Å². The van der Waals surface area contributed by atoms with E-state index >= 15 is 0 Å². The van der Waals surface area contributed by atoms with Crippen molar-refractivity contribution < 1.29 is 28.6 Å². The number of phenols is 1. The number of benzene rings is 2. The van der Waals surface area contributed by atoms with Gasteiger partial charge in [0.15, 0.2) is 0 Å². The van der Waals surface area contributed by atoms with Crippen molar-refractivity contribution in [1.82, 2.24) is 0 Å². The van der Waals surface area contributed by atoms with E-state index in [-0.39, 0.29) is 24.4 Å². The molecule has 7 nitrogen and oxygen atoms in total. The number of carbonyl (C=O) groups is 2. The van der Waals surface area contributed by atoms with Crippen molar-refractivity contribution >= 4 is 22.9 Å². The molecular formula is C21H16O7. The molecule has 1 aromatic heterocycles. The third-order valence-electron chi connectivity index (χ3n) is 4.74. The Morgan fingerprint density at radius 1 is 1.21 bits per heavy atom. The first-order valence-corrected chi connectivity index (χ1v) is 8.65. The number of aromatic hydroxyl groups is 1. The molecule has 1 N–H and O–H groups in total. The molecule has 0 saturated carbocycles. The zero-order valence-electron chi connectivity index (χ0n) is 14.9. The highest BCUT2D eigenvalue weighted by atomic mass is 16.6. The molecule has 2 aromatic carbocycles. The summed E-state index contributed by atoms with van der Waals surface area (Å²) >= 11 is 0. The molecule has 0 aliphatic carbocycles. The Hall–Kier alpha value is -3.61. The molecule has 3 aromatic rings. The van der Waals surface area contributed by atoms with Crippen molar-refractivity contribution in [3.63, 3.8) is 0 Å². The van der Waals surface area contributed by atoms with Crippen LogP contribution in [0, 0.1) is 6.92 Å². The molecule has 0 amide bonds. The number of carbonyl (C=O) groups excluding carboxylic acids is 2. The van der Waals surface area contributed by atoms with Crippen LogP contribution in [0.5, 0.6) is 5.75 Å². The number of esters is 2. The fraction of sp³-hybridized carbons (Fsp3) is 0.190. The van der Waals surface area contributed by atoms with Crippen LogP contribution in [0.2, 0.25) is 0 Å². The predicted octanol–water partition coefficient (Wildman–Crippen LogP) is 2.63. The standard InChI is InChI=1S/C21H16O7/c1-11-16(22)7-6-14-13(9-18(23)28-19(11)14)10-26-21(25)17-8-12-4-2-3-5-15(12)20(24)27-17/h2-7,9,17,22H,8,10H2,1H3/t17-/m0/s1. The van der Waals surface area contributed by atoms with Crippen molar-refractivity contribution in [3.05, 3.63) is 75.1 Å². The van der Waals surface area contributed by atoms with E-state index in [9.17, 15) is 19.5 Å². The van der Waals surface area contributed by atoms with Crippen molar-refractivity contribution in [2.75, 3.05) is 0 Å². The van der Waals surface area contributed by atoms with E-state index in [1.54, 1.807) is 37.3 Å². The van der Waals surface area contributed by atoms with Crippen molar-refractivity contribution in [2.24, 2.45) is 0 Å². The van der Waals surface area contributed by atoms with Crippen molar-refractivity contribution in [3.8, 4) is 5.75 Å². The summed E-state index contributed by atoms with van der Waals surface area (Å²) in [6.07, 6.45) is -0.814. The second kappa shape index (κ2) is 6.84. The average molecular weight is 380 g/mol. The number of phenolic OH excluding ortho intramolecular Hbond substituents is 1. The van der Waals surface area contributed by atoms with Crippen molar-refractivity contribution in [1.29, 1.82) is 0 Å². The fourth-order valence-corrected chi connectivity index (χ4v) is 3.24. The van der Waals surface area contributed by atoms with Gasteiger partial charge in [-0.05, 0) is 30.7 Å². The third kappa shape index (κ3) is 3.11. The minimum atomic E-state index is -1.04. The number of ether oxygens (including phenoxy) is 2. The van der Waals surface area contributed by atoms with E-state index in [2.05, 4.69) is 0 Å². The lowest BCUT2D eigenvalue weighted by Crippen LogP contribution is -2.35. The second-order valence-electron chi connectivity index (χ2n) is 6.54. The molecular weight excluding hydrogens is 364 g/mol. The number of fused-ring (bicyclic) bond motifs is 2. The maximum absolute atomic E-state index is 12.4. The van der Waals surface area contributed by atoms with Gasteiger partial charge < -0.3 is 19.0 Å². The molecule has 0 saturated heterocycles. The molecule has 0 spiro atoms. The maximum atomic E-state index is 12.4. The summed E-state index contributed by atoms with van der Waals surface area (Å²) in [7, 11) is 0. The summed E-state index contributed by atoms with van der Waals surface area (Å²) in [6, 6.07) is 11.2. The highest BCUT2D eigenvalue weighted by molar-refractivity contribution is 5.95. The van der Waals surface area contributed by atoms with Gasteiger partial charge in [0.05, 0.1) is 5.56 Å². The van der Waals surface area contributed by atoms with Crippen LogP contribution in [-0.4, -0.2) is 23.1 Å². The Morgan fingerprint density at radius 3 is 2.82 bits per heavy atom. The summed E-state index contributed by atoms with van der Waals surface area (Å²) in [5.41, 5.74) is 1.62. The first kappa shape index (κ1) is 17.8. The molecule has 2 heterocycles. The lowest BCUT2D eigenvalue weighted by atomic mass is 9.99. The maximum Gasteiger partial charge on any atom is 0.348 e. The molecule has 1 aliphatic heterocycles. The first-order valence-electron chi connectivity index (χ1n) is 8.65.